The molecule has 2 heterocycles. The van der Waals surface area contributed by atoms with Crippen molar-refractivity contribution in [3.8, 4) is 0 Å². The number of carbonyl (C=O) groups is 1. The van der Waals surface area contributed by atoms with Crippen molar-refractivity contribution < 1.29 is 18.0 Å². The van der Waals surface area contributed by atoms with E-state index < -0.39 is 11.9 Å². The molecule has 0 atom stereocenters. The van der Waals surface area contributed by atoms with Crippen LogP contribution in [0.15, 0.2) is 54.7 Å². The lowest BCUT2D eigenvalue weighted by atomic mass is 9.89. The number of alkyl halides is 3. The number of fused-ring (bicyclic) bond motifs is 1. The highest BCUT2D eigenvalue weighted by molar-refractivity contribution is 5.93. The number of hydrogen-bond donors (Lipinski definition) is 1. The van der Waals surface area contributed by atoms with Crippen LogP contribution in [-0.2, 0) is 6.18 Å². The molecule has 0 spiro atoms. The Hall–Kier alpha value is -3.16. The number of anilines is 1. The zero-order valence-corrected chi connectivity index (χ0v) is 17.1. The number of nitrogens with one attached hydrogen (secondary N) is 1. The number of benzene rings is 1. The van der Waals surface area contributed by atoms with Gasteiger partial charge in [-0.2, -0.15) is 13.2 Å². The Morgan fingerprint density at radius 1 is 1.06 bits per heavy atom. The fraction of sp³-hybridized carbons (Fsp3) is 0.348. The average Bonchev–Trinajstić information content (AvgIpc) is 2.78. The Morgan fingerprint density at radius 3 is 2.45 bits per heavy atom. The Bertz CT molecular complexity index is 1060. The first-order valence-electron chi connectivity index (χ1n) is 10.2. The Kier molecular flexibility index (Phi) is 5.80. The second-order valence-corrected chi connectivity index (χ2v) is 7.85. The Balaban J connectivity index is 1.48. The molecule has 0 saturated heterocycles. The van der Waals surface area contributed by atoms with Crippen molar-refractivity contribution in [2.45, 2.75) is 43.9 Å². The summed E-state index contributed by atoms with van der Waals surface area (Å²) in [7, 11) is 1.83. The number of aromatic nitrogens is 2. The normalized spacial score (nSPS) is 19.2. The van der Waals surface area contributed by atoms with Gasteiger partial charge in [0.15, 0.2) is 0 Å². The summed E-state index contributed by atoms with van der Waals surface area (Å²) in [5.74, 6) is -0.202. The van der Waals surface area contributed by atoms with Gasteiger partial charge in [0.1, 0.15) is 11.4 Å². The van der Waals surface area contributed by atoms with Gasteiger partial charge in [-0.05, 0) is 49.9 Å². The van der Waals surface area contributed by atoms with Crippen LogP contribution in [0.4, 0.5) is 18.9 Å². The average molecular weight is 428 g/mol. The van der Waals surface area contributed by atoms with E-state index in [-0.39, 0.29) is 18.0 Å². The van der Waals surface area contributed by atoms with E-state index in [4.69, 9.17) is 0 Å². The maximum absolute atomic E-state index is 13.4. The van der Waals surface area contributed by atoms with Crippen molar-refractivity contribution in [2.75, 3.05) is 11.9 Å². The largest absolute Gasteiger partial charge is 0.433 e. The first-order valence-corrected chi connectivity index (χ1v) is 10.2. The van der Waals surface area contributed by atoms with Crippen molar-refractivity contribution in [3.05, 3.63) is 66.1 Å². The standard InChI is InChI=1S/C23H23F3N4O/c1-30(20-14-21(23(24,25)26)29-18-7-3-2-6-17(18)20)16-11-9-15(10-12-16)28-22(31)19-8-4-5-13-27-19/h2-8,13-16H,9-12H2,1H3,(H,28,31). The van der Waals surface area contributed by atoms with Crippen LogP contribution in [0.5, 0.6) is 0 Å². The predicted octanol–water partition coefficient (Wildman–Crippen LogP) is 4.83. The highest BCUT2D eigenvalue weighted by atomic mass is 19.4. The molecule has 0 unspecified atom stereocenters. The number of rotatable bonds is 4. The number of pyridine rings is 2. The van der Waals surface area contributed by atoms with Crippen LogP contribution in [0, 0.1) is 0 Å². The van der Waals surface area contributed by atoms with Crippen LogP contribution in [-0.4, -0.2) is 35.0 Å². The van der Waals surface area contributed by atoms with Gasteiger partial charge in [-0.15, -0.1) is 0 Å². The van der Waals surface area contributed by atoms with Crippen molar-refractivity contribution in [2.24, 2.45) is 0 Å². The molecule has 1 aliphatic carbocycles. The van der Waals surface area contributed by atoms with Gasteiger partial charge < -0.3 is 10.2 Å². The number of nitrogens with zero attached hydrogens (tertiary/aromatic N) is 3. The molecule has 1 fully saturated rings. The maximum Gasteiger partial charge on any atom is 0.433 e. The first kappa shape index (κ1) is 21.1. The molecule has 5 nitrogen and oxygen atoms in total. The van der Waals surface area contributed by atoms with Crippen molar-refractivity contribution in [1.82, 2.24) is 15.3 Å². The topological polar surface area (TPSA) is 58.1 Å². The molecule has 0 bridgehead atoms. The number of halogens is 3. The van der Waals surface area contributed by atoms with Gasteiger partial charge in [-0.1, -0.05) is 24.3 Å². The number of para-hydroxylation sites is 1. The van der Waals surface area contributed by atoms with Gasteiger partial charge in [0.25, 0.3) is 5.91 Å². The van der Waals surface area contributed by atoms with E-state index in [9.17, 15) is 18.0 Å². The fourth-order valence-corrected chi connectivity index (χ4v) is 4.15. The summed E-state index contributed by atoms with van der Waals surface area (Å²) in [5, 5.41) is 3.71. The monoisotopic (exact) mass is 428 g/mol. The van der Waals surface area contributed by atoms with Crippen LogP contribution in [0.25, 0.3) is 10.9 Å². The van der Waals surface area contributed by atoms with Crippen LogP contribution in [0.3, 0.4) is 0 Å². The minimum Gasteiger partial charge on any atom is -0.371 e. The predicted molar refractivity (Wildman–Crippen MR) is 113 cm³/mol. The lowest BCUT2D eigenvalue weighted by Crippen LogP contribution is -2.43. The molecule has 3 aromatic rings. The van der Waals surface area contributed by atoms with Crippen LogP contribution < -0.4 is 10.2 Å². The third-order valence-electron chi connectivity index (χ3n) is 5.84. The van der Waals surface area contributed by atoms with E-state index >= 15 is 0 Å². The third kappa shape index (κ3) is 4.62. The van der Waals surface area contributed by atoms with Crippen LogP contribution in [0.1, 0.15) is 41.9 Å². The molecule has 1 aromatic carbocycles. The molecule has 31 heavy (non-hydrogen) atoms. The molecule has 162 valence electrons. The summed E-state index contributed by atoms with van der Waals surface area (Å²) < 4.78 is 40.2. The van der Waals surface area contributed by atoms with E-state index in [2.05, 4.69) is 15.3 Å². The number of hydrogen-bond acceptors (Lipinski definition) is 4. The molecule has 1 amide bonds. The smallest absolute Gasteiger partial charge is 0.371 e. The van der Waals surface area contributed by atoms with E-state index in [0.717, 1.165) is 31.7 Å². The molecule has 2 aromatic heterocycles. The van der Waals surface area contributed by atoms with Crippen LogP contribution >= 0.6 is 0 Å². The summed E-state index contributed by atoms with van der Waals surface area (Å²) in [6, 6.07) is 13.3. The molecule has 8 heteroatoms. The van der Waals surface area contributed by atoms with E-state index in [1.54, 1.807) is 48.7 Å². The second kappa shape index (κ2) is 8.53. The molecule has 1 saturated carbocycles. The van der Waals surface area contributed by atoms with Gasteiger partial charge in [0.2, 0.25) is 0 Å². The van der Waals surface area contributed by atoms with Crippen molar-refractivity contribution in [1.29, 1.82) is 0 Å². The van der Waals surface area contributed by atoms with Gasteiger partial charge in [0.05, 0.1) is 5.52 Å². The minimum absolute atomic E-state index is 0.0269. The first-order chi connectivity index (χ1) is 14.8. The van der Waals surface area contributed by atoms with Gasteiger partial charge >= 0.3 is 6.18 Å². The Morgan fingerprint density at radius 2 is 1.77 bits per heavy atom. The second-order valence-electron chi connectivity index (χ2n) is 7.85. The van der Waals surface area contributed by atoms with Gasteiger partial charge in [-0.25, -0.2) is 4.98 Å². The maximum atomic E-state index is 13.4. The molecular formula is C23H23F3N4O. The lowest BCUT2D eigenvalue weighted by Gasteiger charge is -2.36. The Labute approximate surface area is 178 Å². The minimum atomic E-state index is -4.51. The molecule has 4 rings (SSSR count). The highest BCUT2D eigenvalue weighted by Crippen LogP contribution is 2.36. The molecular weight excluding hydrogens is 405 g/mol. The summed E-state index contributed by atoms with van der Waals surface area (Å²) >= 11 is 0. The summed E-state index contributed by atoms with van der Waals surface area (Å²) in [5.41, 5.74) is 0.350. The van der Waals surface area contributed by atoms with Gasteiger partial charge in [-0.3, -0.25) is 9.78 Å². The molecule has 0 radical (unpaired) electrons. The summed E-state index contributed by atoms with van der Waals surface area (Å²) in [4.78, 5) is 22.1. The summed E-state index contributed by atoms with van der Waals surface area (Å²) in [6.07, 6.45) is 0.108. The fourth-order valence-electron chi connectivity index (χ4n) is 4.15. The molecule has 1 aliphatic rings. The van der Waals surface area contributed by atoms with Crippen molar-refractivity contribution in [3.63, 3.8) is 0 Å². The molecule has 0 aliphatic heterocycles. The van der Waals surface area contributed by atoms with E-state index in [1.807, 2.05) is 11.9 Å². The zero-order chi connectivity index (χ0) is 22.0. The third-order valence-corrected chi connectivity index (χ3v) is 5.84. The quantitative estimate of drug-likeness (QED) is 0.647. The highest BCUT2D eigenvalue weighted by Gasteiger charge is 2.34. The SMILES string of the molecule is CN(c1cc(C(F)(F)F)nc2ccccc12)C1CCC(NC(=O)c2ccccn2)CC1. The van der Waals surface area contributed by atoms with Crippen LogP contribution in [0.2, 0.25) is 0 Å². The van der Waals surface area contributed by atoms with E-state index in [1.165, 1.54) is 0 Å². The van der Waals surface area contributed by atoms with Gasteiger partial charge in [0, 0.05) is 36.4 Å². The molecule has 1 N–H and O–H groups in total. The lowest BCUT2D eigenvalue weighted by molar-refractivity contribution is -0.140. The zero-order valence-electron chi connectivity index (χ0n) is 17.1. The van der Waals surface area contributed by atoms with Crippen molar-refractivity contribution >= 4 is 22.5 Å². The summed E-state index contributed by atoms with van der Waals surface area (Å²) in [6.45, 7) is 0. The number of carbonyl (C=O) groups excluding carboxylic acids is 1. The number of amides is 1. The van der Waals surface area contributed by atoms with E-state index in [0.29, 0.717) is 22.3 Å².